The molecule has 0 saturated heterocycles. The average molecular weight is 459 g/mol. The minimum absolute atomic E-state index is 0.0427. The normalized spacial score (nSPS) is 14.5. The second kappa shape index (κ2) is 7.95. The number of benzene rings is 4. The molecule has 0 heteroatoms. The van der Waals surface area contributed by atoms with Crippen LogP contribution in [0.3, 0.4) is 0 Å². The van der Waals surface area contributed by atoms with Gasteiger partial charge in [-0.25, -0.2) is 0 Å². The van der Waals surface area contributed by atoms with Gasteiger partial charge in [-0.2, -0.15) is 0 Å². The first-order valence-electron chi connectivity index (χ1n) is 12.9. The van der Waals surface area contributed by atoms with E-state index in [1.54, 1.807) is 0 Å². The van der Waals surface area contributed by atoms with Crippen molar-refractivity contribution in [1.82, 2.24) is 0 Å². The molecular formula is C35H38. The predicted octanol–water partition coefficient (Wildman–Crippen LogP) is 9.92. The van der Waals surface area contributed by atoms with E-state index in [0.717, 1.165) is 0 Å². The molecule has 0 radical (unpaired) electrons. The van der Waals surface area contributed by atoms with E-state index in [-0.39, 0.29) is 16.2 Å². The van der Waals surface area contributed by atoms with Gasteiger partial charge in [0.2, 0.25) is 0 Å². The van der Waals surface area contributed by atoms with Crippen LogP contribution in [0.15, 0.2) is 84.9 Å². The summed E-state index contributed by atoms with van der Waals surface area (Å²) in [6.07, 6.45) is 0. The van der Waals surface area contributed by atoms with Crippen LogP contribution in [0, 0.1) is 0 Å². The zero-order chi connectivity index (χ0) is 25.2. The number of rotatable bonds is 2. The minimum atomic E-state index is -0.0427. The summed E-state index contributed by atoms with van der Waals surface area (Å²) >= 11 is 0. The smallest absolute Gasteiger partial charge is 0.0159 e. The lowest BCUT2D eigenvalue weighted by molar-refractivity contribution is 0.580. The molecule has 0 nitrogen and oxygen atoms in total. The average Bonchev–Trinajstić information content (AvgIpc) is 3.05. The zero-order valence-corrected chi connectivity index (χ0v) is 22.6. The third-order valence-corrected chi connectivity index (χ3v) is 7.79. The summed E-state index contributed by atoms with van der Waals surface area (Å²) in [6.45, 7) is 18.7. The summed E-state index contributed by atoms with van der Waals surface area (Å²) < 4.78 is 0. The lowest BCUT2D eigenvalue weighted by Crippen LogP contribution is -2.19. The van der Waals surface area contributed by atoms with Crippen LogP contribution >= 0.6 is 0 Å². The monoisotopic (exact) mass is 458 g/mol. The fraction of sp³-hybridized carbons (Fsp3) is 0.314. The summed E-state index contributed by atoms with van der Waals surface area (Å²) in [4.78, 5) is 0. The van der Waals surface area contributed by atoms with E-state index in [0.29, 0.717) is 0 Å². The largest absolute Gasteiger partial charge is 0.0622 e. The third kappa shape index (κ3) is 4.04. The maximum atomic E-state index is 2.48. The Labute approximate surface area is 212 Å². The Morgan fingerprint density at radius 1 is 0.486 bits per heavy atom. The maximum absolute atomic E-state index is 2.48. The number of hydrogen-bond acceptors (Lipinski definition) is 0. The van der Waals surface area contributed by atoms with Gasteiger partial charge in [-0.1, -0.05) is 128 Å². The SMILES string of the molecule is CC(C)(C)c1ccc2c(c1)C(C)(C)c1cc(C(C)(C)C)cc(-c3cccc(-c4ccccc4)c3)c1-2. The molecule has 4 aromatic carbocycles. The topological polar surface area (TPSA) is 0 Å². The Bertz CT molecular complexity index is 1400. The highest BCUT2D eigenvalue weighted by Crippen LogP contribution is 2.54. The highest BCUT2D eigenvalue weighted by atomic mass is 14.4. The molecule has 35 heavy (non-hydrogen) atoms. The molecule has 0 N–H and O–H groups in total. The third-order valence-electron chi connectivity index (χ3n) is 7.79. The fourth-order valence-corrected chi connectivity index (χ4v) is 5.47. The summed E-state index contributed by atoms with van der Waals surface area (Å²) in [7, 11) is 0. The van der Waals surface area contributed by atoms with Crippen LogP contribution in [0.5, 0.6) is 0 Å². The molecule has 0 fully saturated rings. The van der Waals surface area contributed by atoms with Crippen LogP contribution in [0.4, 0.5) is 0 Å². The van der Waals surface area contributed by atoms with Crippen molar-refractivity contribution in [3.63, 3.8) is 0 Å². The van der Waals surface area contributed by atoms with Gasteiger partial charge in [-0.3, -0.25) is 0 Å². The highest BCUT2D eigenvalue weighted by molar-refractivity contribution is 5.94. The number of fused-ring (bicyclic) bond motifs is 3. The van der Waals surface area contributed by atoms with Gasteiger partial charge in [0, 0.05) is 5.41 Å². The predicted molar refractivity (Wildman–Crippen MR) is 152 cm³/mol. The molecule has 0 bridgehead atoms. The van der Waals surface area contributed by atoms with E-state index in [9.17, 15) is 0 Å². The lowest BCUT2D eigenvalue weighted by Gasteiger charge is -2.27. The molecule has 0 amide bonds. The standard InChI is InChI=1S/C35H38/c1-33(2,3)26-17-18-28-30(21-26)35(7,8)31-22-27(34(4,5)6)20-29(32(28)31)25-16-12-15-24(19-25)23-13-10-9-11-14-23/h9-22H,1-8H3. The lowest BCUT2D eigenvalue weighted by atomic mass is 9.76. The minimum Gasteiger partial charge on any atom is -0.0622 e. The van der Waals surface area contributed by atoms with Crippen molar-refractivity contribution in [2.24, 2.45) is 0 Å². The summed E-state index contributed by atoms with van der Waals surface area (Å²) in [5, 5.41) is 0. The van der Waals surface area contributed by atoms with Gasteiger partial charge in [-0.05, 0) is 78.6 Å². The summed E-state index contributed by atoms with van der Waals surface area (Å²) in [5.74, 6) is 0. The van der Waals surface area contributed by atoms with Gasteiger partial charge in [0.25, 0.3) is 0 Å². The van der Waals surface area contributed by atoms with Crippen molar-refractivity contribution >= 4 is 0 Å². The van der Waals surface area contributed by atoms with Crippen LogP contribution in [-0.4, -0.2) is 0 Å². The molecular weight excluding hydrogens is 420 g/mol. The molecule has 0 aliphatic heterocycles. The van der Waals surface area contributed by atoms with Crippen LogP contribution in [-0.2, 0) is 16.2 Å². The van der Waals surface area contributed by atoms with Crippen LogP contribution in [0.1, 0.15) is 77.6 Å². The Morgan fingerprint density at radius 3 is 1.74 bits per heavy atom. The fourth-order valence-electron chi connectivity index (χ4n) is 5.47. The van der Waals surface area contributed by atoms with E-state index < -0.39 is 0 Å². The van der Waals surface area contributed by atoms with Gasteiger partial charge in [0.1, 0.15) is 0 Å². The summed E-state index contributed by atoms with van der Waals surface area (Å²) in [6, 6.07) is 31.9. The van der Waals surface area contributed by atoms with Crippen molar-refractivity contribution in [2.75, 3.05) is 0 Å². The molecule has 1 aliphatic rings. The first kappa shape index (κ1) is 23.6. The van der Waals surface area contributed by atoms with Crippen molar-refractivity contribution in [3.8, 4) is 33.4 Å². The quantitative estimate of drug-likeness (QED) is 0.280. The van der Waals surface area contributed by atoms with Crippen LogP contribution in [0.2, 0.25) is 0 Å². The molecule has 0 saturated carbocycles. The Hall–Kier alpha value is -3.12. The maximum Gasteiger partial charge on any atom is 0.0159 e. The van der Waals surface area contributed by atoms with Crippen molar-refractivity contribution in [2.45, 2.75) is 71.6 Å². The van der Waals surface area contributed by atoms with Gasteiger partial charge in [0.15, 0.2) is 0 Å². The molecule has 0 spiro atoms. The Balaban J connectivity index is 1.80. The first-order chi connectivity index (χ1) is 16.4. The highest BCUT2D eigenvalue weighted by Gasteiger charge is 2.39. The van der Waals surface area contributed by atoms with E-state index >= 15 is 0 Å². The van der Waals surface area contributed by atoms with Crippen molar-refractivity contribution in [3.05, 3.63) is 107 Å². The first-order valence-corrected chi connectivity index (χ1v) is 12.9. The molecule has 0 heterocycles. The van der Waals surface area contributed by atoms with E-state index in [1.165, 1.54) is 55.6 Å². The van der Waals surface area contributed by atoms with E-state index in [2.05, 4.69) is 140 Å². The van der Waals surface area contributed by atoms with Gasteiger partial charge < -0.3 is 0 Å². The van der Waals surface area contributed by atoms with Gasteiger partial charge >= 0.3 is 0 Å². The van der Waals surface area contributed by atoms with Gasteiger partial charge in [0.05, 0.1) is 0 Å². The van der Waals surface area contributed by atoms with Crippen molar-refractivity contribution in [1.29, 1.82) is 0 Å². The molecule has 0 unspecified atom stereocenters. The Kier molecular flexibility index (Phi) is 5.37. The molecule has 0 atom stereocenters. The van der Waals surface area contributed by atoms with E-state index in [1.807, 2.05) is 0 Å². The molecule has 5 rings (SSSR count). The van der Waals surface area contributed by atoms with Gasteiger partial charge in [-0.15, -0.1) is 0 Å². The van der Waals surface area contributed by atoms with Crippen LogP contribution in [0.25, 0.3) is 33.4 Å². The molecule has 1 aliphatic carbocycles. The molecule has 4 aromatic rings. The second-order valence-corrected chi connectivity index (χ2v) is 12.8. The van der Waals surface area contributed by atoms with Crippen LogP contribution < -0.4 is 0 Å². The Morgan fingerprint density at radius 2 is 1.09 bits per heavy atom. The molecule has 0 aromatic heterocycles. The zero-order valence-electron chi connectivity index (χ0n) is 22.6. The second-order valence-electron chi connectivity index (χ2n) is 12.8. The van der Waals surface area contributed by atoms with Crippen molar-refractivity contribution < 1.29 is 0 Å². The molecule has 178 valence electrons. The number of hydrogen-bond donors (Lipinski definition) is 0. The summed E-state index contributed by atoms with van der Waals surface area (Å²) in [5.41, 5.74) is 13.8. The van der Waals surface area contributed by atoms with E-state index in [4.69, 9.17) is 0 Å².